The zero-order chi connectivity index (χ0) is 13.8. The highest BCUT2D eigenvalue weighted by molar-refractivity contribution is 5.83. The second-order valence-electron chi connectivity index (χ2n) is 4.51. The monoisotopic (exact) mass is 264 g/mol. The molecule has 2 rings (SSSR count). The second-order valence-corrected chi connectivity index (χ2v) is 4.51. The first kappa shape index (κ1) is 13.7. The molecule has 0 fully saturated rings. The van der Waals surface area contributed by atoms with Gasteiger partial charge in [0.1, 0.15) is 6.04 Å². The molecule has 0 radical (unpaired) electrons. The summed E-state index contributed by atoms with van der Waals surface area (Å²) in [5.74, 6) is 1.33. The maximum absolute atomic E-state index is 12.0. The van der Waals surface area contributed by atoms with Crippen molar-refractivity contribution in [2.24, 2.45) is 0 Å². The summed E-state index contributed by atoms with van der Waals surface area (Å²) < 4.78 is 10.6. The number of fused-ring (bicyclic) bond motifs is 1. The van der Waals surface area contributed by atoms with E-state index < -0.39 is 0 Å². The van der Waals surface area contributed by atoms with E-state index in [1.54, 1.807) is 21.3 Å². The lowest BCUT2D eigenvalue weighted by atomic mass is 9.97. The molecule has 0 aliphatic carbocycles. The van der Waals surface area contributed by atoms with Gasteiger partial charge in [0.2, 0.25) is 5.91 Å². The maximum atomic E-state index is 12.0. The molecule has 5 nitrogen and oxygen atoms in total. The summed E-state index contributed by atoms with van der Waals surface area (Å²) in [5, 5.41) is 5.96. The van der Waals surface area contributed by atoms with Gasteiger partial charge in [-0.3, -0.25) is 4.79 Å². The molecule has 19 heavy (non-hydrogen) atoms. The lowest BCUT2D eigenvalue weighted by Gasteiger charge is -2.19. The molecule has 0 aromatic heterocycles. The average Bonchev–Trinajstić information content (AvgIpc) is 2.66. The molecule has 104 valence electrons. The number of aryl methyl sites for hydroxylation is 1. The zero-order valence-electron chi connectivity index (χ0n) is 11.6. The van der Waals surface area contributed by atoms with Crippen LogP contribution in [0.25, 0.3) is 0 Å². The lowest BCUT2D eigenvalue weighted by Crippen LogP contribution is -2.35. The van der Waals surface area contributed by atoms with E-state index in [1.807, 2.05) is 12.1 Å². The Balaban J connectivity index is 2.50. The number of carbonyl (C=O) groups is 1. The highest BCUT2D eigenvalue weighted by Crippen LogP contribution is 2.34. The summed E-state index contributed by atoms with van der Waals surface area (Å²) in [4.78, 5) is 12.0. The third kappa shape index (κ3) is 2.66. The number of benzene rings is 1. The van der Waals surface area contributed by atoms with Crippen LogP contribution in [-0.4, -0.2) is 33.7 Å². The van der Waals surface area contributed by atoms with Crippen molar-refractivity contribution in [2.45, 2.75) is 18.9 Å². The fourth-order valence-corrected chi connectivity index (χ4v) is 2.44. The molecule has 1 amide bonds. The van der Waals surface area contributed by atoms with E-state index in [4.69, 9.17) is 9.47 Å². The maximum Gasteiger partial charge on any atom is 0.241 e. The number of likely N-dealkylation sites (N-methyl/N-ethyl adjacent to an activating group) is 1. The standard InChI is InChI=1S/C14H20N2O3/c1-15-14(17)13-10-8-12(19-3)11(18-2)7-9(10)5-4-6-16-13/h7-8,13,16H,4-6H2,1-3H3,(H,15,17). The highest BCUT2D eigenvalue weighted by atomic mass is 16.5. The molecule has 2 N–H and O–H groups in total. The van der Waals surface area contributed by atoms with Crippen molar-refractivity contribution in [3.63, 3.8) is 0 Å². The predicted molar refractivity (Wildman–Crippen MR) is 72.7 cm³/mol. The fraction of sp³-hybridized carbons (Fsp3) is 0.500. The van der Waals surface area contributed by atoms with Crippen LogP contribution >= 0.6 is 0 Å². The zero-order valence-corrected chi connectivity index (χ0v) is 11.6. The summed E-state index contributed by atoms with van der Waals surface area (Å²) >= 11 is 0. The molecule has 1 atom stereocenters. The van der Waals surface area contributed by atoms with Crippen LogP contribution in [0.5, 0.6) is 11.5 Å². The van der Waals surface area contributed by atoms with Crippen LogP contribution in [0.3, 0.4) is 0 Å². The normalized spacial score (nSPS) is 18.2. The van der Waals surface area contributed by atoms with Gasteiger partial charge >= 0.3 is 0 Å². The summed E-state index contributed by atoms with van der Waals surface area (Å²) in [6.45, 7) is 0.817. The first-order valence-electron chi connectivity index (χ1n) is 6.41. The van der Waals surface area contributed by atoms with E-state index in [1.165, 1.54) is 0 Å². The number of hydrogen-bond donors (Lipinski definition) is 2. The second kappa shape index (κ2) is 5.93. The molecule has 0 bridgehead atoms. The van der Waals surface area contributed by atoms with Crippen molar-refractivity contribution in [3.05, 3.63) is 23.3 Å². The van der Waals surface area contributed by atoms with Crippen LogP contribution in [-0.2, 0) is 11.2 Å². The van der Waals surface area contributed by atoms with E-state index in [-0.39, 0.29) is 11.9 Å². The Labute approximate surface area is 113 Å². The van der Waals surface area contributed by atoms with Crippen LogP contribution in [0, 0.1) is 0 Å². The number of rotatable bonds is 3. The van der Waals surface area contributed by atoms with E-state index >= 15 is 0 Å². The molecular formula is C14H20N2O3. The van der Waals surface area contributed by atoms with Crippen molar-refractivity contribution >= 4 is 5.91 Å². The van der Waals surface area contributed by atoms with Gasteiger partial charge in [-0.15, -0.1) is 0 Å². The molecule has 0 saturated heterocycles. The lowest BCUT2D eigenvalue weighted by molar-refractivity contribution is -0.122. The molecule has 1 unspecified atom stereocenters. The molecular weight excluding hydrogens is 244 g/mol. The van der Waals surface area contributed by atoms with Crippen LogP contribution in [0.15, 0.2) is 12.1 Å². The summed E-state index contributed by atoms with van der Waals surface area (Å²) in [6, 6.07) is 3.53. The predicted octanol–water partition coefficient (Wildman–Crippen LogP) is 1.03. The third-order valence-electron chi connectivity index (χ3n) is 3.44. The molecule has 1 aliphatic rings. The minimum absolute atomic E-state index is 0.0321. The molecule has 1 aromatic rings. The highest BCUT2D eigenvalue weighted by Gasteiger charge is 2.25. The topological polar surface area (TPSA) is 59.6 Å². The Morgan fingerprint density at radius 3 is 2.63 bits per heavy atom. The van der Waals surface area contributed by atoms with Crippen LogP contribution in [0.1, 0.15) is 23.6 Å². The van der Waals surface area contributed by atoms with E-state index in [9.17, 15) is 4.79 Å². The van der Waals surface area contributed by atoms with Gasteiger partial charge in [0, 0.05) is 7.05 Å². The van der Waals surface area contributed by atoms with Crippen molar-refractivity contribution < 1.29 is 14.3 Å². The molecule has 5 heteroatoms. The van der Waals surface area contributed by atoms with Gasteiger partial charge < -0.3 is 20.1 Å². The van der Waals surface area contributed by atoms with Gasteiger partial charge in [-0.25, -0.2) is 0 Å². The van der Waals surface area contributed by atoms with Crippen molar-refractivity contribution in [3.8, 4) is 11.5 Å². The minimum Gasteiger partial charge on any atom is -0.493 e. The summed E-state index contributed by atoms with van der Waals surface area (Å²) in [7, 11) is 4.87. The molecule has 0 spiro atoms. The molecule has 1 aliphatic heterocycles. The van der Waals surface area contributed by atoms with Crippen LogP contribution in [0.2, 0.25) is 0 Å². The SMILES string of the molecule is CNC(=O)C1NCCCc2cc(OC)c(OC)cc21. The number of amides is 1. The van der Waals surface area contributed by atoms with Gasteiger partial charge in [-0.1, -0.05) is 0 Å². The smallest absolute Gasteiger partial charge is 0.241 e. The Kier molecular flexibility index (Phi) is 4.27. The number of nitrogens with one attached hydrogen (secondary N) is 2. The molecule has 1 heterocycles. The van der Waals surface area contributed by atoms with E-state index in [0.717, 1.165) is 30.5 Å². The third-order valence-corrected chi connectivity index (χ3v) is 3.44. The summed E-state index contributed by atoms with van der Waals surface area (Å²) in [6.07, 6.45) is 1.92. The Morgan fingerprint density at radius 2 is 2.00 bits per heavy atom. The van der Waals surface area contributed by atoms with Gasteiger partial charge in [0.15, 0.2) is 11.5 Å². The van der Waals surface area contributed by atoms with Crippen molar-refractivity contribution in [2.75, 3.05) is 27.8 Å². The number of carbonyl (C=O) groups excluding carboxylic acids is 1. The first-order chi connectivity index (χ1) is 9.21. The van der Waals surface area contributed by atoms with Gasteiger partial charge in [0.25, 0.3) is 0 Å². The number of ether oxygens (including phenoxy) is 2. The largest absolute Gasteiger partial charge is 0.493 e. The molecule has 0 saturated carbocycles. The quantitative estimate of drug-likeness (QED) is 0.856. The minimum atomic E-state index is -0.331. The van der Waals surface area contributed by atoms with Crippen LogP contribution in [0.4, 0.5) is 0 Å². The Bertz CT molecular complexity index is 474. The summed E-state index contributed by atoms with van der Waals surface area (Å²) in [5.41, 5.74) is 2.10. The van der Waals surface area contributed by atoms with E-state index in [2.05, 4.69) is 10.6 Å². The van der Waals surface area contributed by atoms with Gasteiger partial charge in [-0.2, -0.15) is 0 Å². The molecule has 1 aromatic carbocycles. The average molecular weight is 264 g/mol. The van der Waals surface area contributed by atoms with Gasteiger partial charge in [0.05, 0.1) is 14.2 Å². The first-order valence-corrected chi connectivity index (χ1v) is 6.41. The van der Waals surface area contributed by atoms with Crippen molar-refractivity contribution in [1.82, 2.24) is 10.6 Å². The van der Waals surface area contributed by atoms with Gasteiger partial charge in [-0.05, 0) is 42.6 Å². The number of methoxy groups -OCH3 is 2. The van der Waals surface area contributed by atoms with Crippen molar-refractivity contribution in [1.29, 1.82) is 0 Å². The Morgan fingerprint density at radius 1 is 1.32 bits per heavy atom. The fourth-order valence-electron chi connectivity index (χ4n) is 2.44. The van der Waals surface area contributed by atoms with E-state index in [0.29, 0.717) is 11.5 Å². The Hall–Kier alpha value is -1.75. The number of hydrogen-bond acceptors (Lipinski definition) is 4. The van der Waals surface area contributed by atoms with Crippen LogP contribution < -0.4 is 20.1 Å².